The summed E-state index contributed by atoms with van der Waals surface area (Å²) in [6, 6.07) is 0. The molecule has 2 aliphatic carbocycles. The van der Waals surface area contributed by atoms with Gasteiger partial charge in [0.05, 0.1) is 0 Å². The summed E-state index contributed by atoms with van der Waals surface area (Å²) in [5.41, 5.74) is 0. The first-order valence-corrected chi connectivity index (χ1v) is 8.51. The van der Waals surface area contributed by atoms with Gasteiger partial charge in [-0.25, -0.2) is 0 Å². The fourth-order valence-corrected chi connectivity index (χ4v) is 5.57. The number of hydrogen-bond donors (Lipinski definition) is 0. The van der Waals surface area contributed by atoms with E-state index >= 15 is 0 Å². The fourth-order valence-electron chi connectivity index (χ4n) is 1.54. The molecule has 2 heteroatoms. The van der Waals surface area contributed by atoms with Gasteiger partial charge in [-0.1, -0.05) is 0 Å². The molecule has 60 valence electrons. The minimum atomic E-state index is -1.71. The Hall–Kier alpha value is 0.120. The van der Waals surface area contributed by atoms with Crippen molar-refractivity contribution in [2.24, 2.45) is 0 Å². The minimum absolute atomic E-state index is 1.10. The van der Waals surface area contributed by atoms with Gasteiger partial charge in [-0.2, -0.15) is 0 Å². The van der Waals surface area contributed by atoms with Crippen molar-refractivity contribution < 1.29 is 20.3 Å². The standard InChI is InChI=1S/2C5H5.ClH.Sc/c2*1-2-4-5-3-1;;/h2*1-3H,4H2;1H;/q;;;+1/p-1. The van der Waals surface area contributed by atoms with Crippen molar-refractivity contribution in [3.8, 4) is 0 Å². The van der Waals surface area contributed by atoms with E-state index < -0.39 is 20.3 Å². The van der Waals surface area contributed by atoms with Gasteiger partial charge in [-0.05, 0) is 0 Å². The molecular formula is C10H10ClSc. The summed E-state index contributed by atoms with van der Waals surface area (Å²) >= 11 is -1.71. The molecule has 2 rings (SSSR count). The van der Waals surface area contributed by atoms with Crippen LogP contribution in [0.5, 0.6) is 0 Å². The Morgan fingerprint density at radius 2 is 1.50 bits per heavy atom. The molecule has 0 aromatic carbocycles. The maximum atomic E-state index is 6.46. The van der Waals surface area contributed by atoms with Crippen molar-refractivity contribution in [2.45, 2.75) is 12.8 Å². The SMILES string of the molecule is [Cl][Sc]([C]1=CC=CC1)[C]1=CC=CC1. The van der Waals surface area contributed by atoms with E-state index in [1.54, 1.807) is 0 Å². The molecule has 0 bridgehead atoms. The van der Waals surface area contributed by atoms with E-state index in [2.05, 4.69) is 36.5 Å². The molecule has 0 radical (unpaired) electrons. The summed E-state index contributed by atoms with van der Waals surface area (Å²) in [5, 5.41) is 0. The van der Waals surface area contributed by atoms with E-state index in [-0.39, 0.29) is 0 Å². The van der Waals surface area contributed by atoms with Crippen LogP contribution in [0, 0.1) is 0 Å². The monoisotopic (exact) mass is 210 g/mol. The van der Waals surface area contributed by atoms with Crippen LogP contribution in [-0.2, 0) is 20.3 Å². The number of allylic oxidation sites excluding steroid dienone is 8. The molecule has 0 heterocycles. The second-order valence-electron chi connectivity index (χ2n) is 3.11. The Morgan fingerprint density at radius 3 is 1.83 bits per heavy atom. The average Bonchev–Trinajstić information content (AvgIpc) is 2.77. The van der Waals surface area contributed by atoms with E-state index in [0.717, 1.165) is 12.8 Å². The molecule has 2 aliphatic rings. The van der Waals surface area contributed by atoms with Gasteiger partial charge >= 0.3 is 84.8 Å². The second-order valence-corrected chi connectivity index (χ2v) is 8.36. The van der Waals surface area contributed by atoms with Crippen molar-refractivity contribution in [2.75, 3.05) is 0 Å². The summed E-state index contributed by atoms with van der Waals surface area (Å²) < 4.78 is 3.03. The van der Waals surface area contributed by atoms with Crippen LogP contribution in [0.15, 0.2) is 43.1 Å². The van der Waals surface area contributed by atoms with Crippen LogP contribution in [0.25, 0.3) is 0 Å². The fraction of sp³-hybridized carbons (Fsp3) is 0.200. The number of hydrogen-bond acceptors (Lipinski definition) is 0. The molecule has 0 nitrogen and oxygen atoms in total. The van der Waals surface area contributed by atoms with Crippen molar-refractivity contribution >= 4 is 8.58 Å². The van der Waals surface area contributed by atoms with Gasteiger partial charge in [0.1, 0.15) is 0 Å². The van der Waals surface area contributed by atoms with Gasteiger partial charge in [0, 0.05) is 0 Å². The molecule has 0 aromatic rings. The topological polar surface area (TPSA) is 0 Å². The summed E-state index contributed by atoms with van der Waals surface area (Å²) in [7, 11) is 6.46. The van der Waals surface area contributed by atoms with Crippen molar-refractivity contribution in [1.82, 2.24) is 0 Å². The maximum absolute atomic E-state index is 6.46. The van der Waals surface area contributed by atoms with Gasteiger partial charge < -0.3 is 0 Å². The zero-order valence-electron chi connectivity index (χ0n) is 6.83. The molecule has 0 atom stereocenters. The third-order valence-corrected chi connectivity index (χ3v) is 7.93. The Labute approximate surface area is 84.4 Å². The van der Waals surface area contributed by atoms with Crippen molar-refractivity contribution in [3.05, 3.63) is 43.1 Å². The Morgan fingerprint density at radius 1 is 1.00 bits per heavy atom. The van der Waals surface area contributed by atoms with Crippen LogP contribution in [0.4, 0.5) is 0 Å². The second kappa shape index (κ2) is 3.89. The summed E-state index contributed by atoms with van der Waals surface area (Å²) in [6.45, 7) is 0. The van der Waals surface area contributed by atoms with Crippen LogP contribution in [0.1, 0.15) is 12.8 Å². The van der Waals surface area contributed by atoms with E-state index in [1.807, 2.05) is 0 Å². The van der Waals surface area contributed by atoms with Gasteiger partial charge in [0.15, 0.2) is 0 Å². The van der Waals surface area contributed by atoms with Crippen molar-refractivity contribution in [3.63, 3.8) is 0 Å². The van der Waals surface area contributed by atoms with Crippen LogP contribution < -0.4 is 0 Å². The molecular weight excluding hydrogens is 201 g/mol. The predicted octanol–water partition coefficient (Wildman–Crippen LogP) is 3.45. The zero-order chi connectivity index (χ0) is 8.39. The quantitative estimate of drug-likeness (QED) is 0.655. The third-order valence-electron chi connectivity index (χ3n) is 2.25. The van der Waals surface area contributed by atoms with Crippen LogP contribution in [0.2, 0.25) is 0 Å². The summed E-state index contributed by atoms with van der Waals surface area (Å²) in [6.07, 6.45) is 15.3. The first-order chi connectivity index (χ1) is 5.88. The van der Waals surface area contributed by atoms with E-state index in [9.17, 15) is 0 Å². The van der Waals surface area contributed by atoms with E-state index in [4.69, 9.17) is 8.58 Å². The van der Waals surface area contributed by atoms with Gasteiger partial charge in [-0.3, -0.25) is 0 Å². The van der Waals surface area contributed by atoms with Crippen molar-refractivity contribution in [1.29, 1.82) is 0 Å². The zero-order valence-corrected chi connectivity index (χ0v) is 9.39. The molecule has 0 N–H and O–H groups in total. The molecule has 12 heavy (non-hydrogen) atoms. The molecule has 0 fully saturated rings. The molecule has 0 saturated carbocycles. The van der Waals surface area contributed by atoms with Crippen LogP contribution in [0.3, 0.4) is 0 Å². The summed E-state index contributed by atoms with van der Waals surface area (Å²) in [4.78, 5) is 0. The van der Waals surface area contributed by atoms with Gasteiger partial charge in [-0.15, -0.1) is 0 Å². The normalized spacial score (nSPS) is 19.8. The Kier molecular flexibility index (Phi) is 2.82. The Balaban J connectivity index is 2.05. The van der Waals surface area contributed by atoms with Gasteiger partial charge in [0.2, 0.25) is 0 Å². The molecule has 0 amide bonds. The summed E-state index contributed by atoms with van der Waals surface area (Å²) in [5.74, 6) is 0. The first-order valence-electron chi connectivity index (χ1n) is 4.23. The first kappa shape index (κ1) is 8.71. The molecule has 0 aromatic heterocycles. The van der Waals surface area contributed by atoms with E-state index in [0.29, 0.717) is 0 Å². The average molecular weight is 211 g/mol. The number of halogens is 1. The molecule has 0 unspecified atom stereocenters. The molecule has 0 spiro atoms. The predicted molar refractivity (Wildman–Crippen MR) is 49.5 cm³/mol. The third kappa shape index (κ3) is 1.72. The van der Waals surface area contributed by atoms with Crippen LogP contribution >= 0.6 is 8.58 Å². The molecule has 0 saturated heterocycles. The van der Waals surface area contributed by atoms with Gasteiger partial charge in [0.25, 0.3) is 0 Å². The molecule has 0 aliphatic heterocycles. The Bertz CT molecular complexity index is 267. The van der Waals surface area contributed by atoms with Crippen LogP contribution in [-0.4, -0.2) is 0 Å². The van der Waals surface area contributed by atoms with E-state index in [1.165, 1.54) is 6.66 Å². The number of rotatable bonds is 2.